The molecule has 1 heterocycles. The van der Waals surface area contributed by atoms with Gasteiger partial charge in [-0.2, -0.15) is 0 Å². The van der Waals surface area contributed by atoms with Crippen molar-refractivity contribution >= 4 is 40.7 Å². The molecule has 9 heteroatoms. The van der Waals surface area contributed by atoms with E-state index in [2.05, 4.69) is 0 Å². The molecule has 37 heavy (non-hydrogen) atoms. The molecule has 1 amide bonds. The van der Waals surface area contributed by atoms with E-state index in [0.29, 0.717) is 22.6 Å². The van der Waals surface area contributed by atoms with Crippen molar-refractivity contribution in [3.8, 4) is 17.2 Å². The van der Waals surface area contributed by atoms with E-state index in [9.17, 15) is 19.5 Å². The van der Waals surface area contributed by atoms with Crippen LogP contribution in [0, 0.1) is 6.92 Å². The number of aliphatic hydroxyl groups excluding tert-OH is 1. The molecule has 190 valence electrons. The number of esters is 1. The van der Waals surface area contributed by atoms with Gasteiger partial charge in [0, 0.05) is 18.7 Å². The normalized spacial score (nSPS) is 16.6. The number of Topliss-reactive ketones (excluding diaryl/α,β-unsaturated/α-hetero) is 1. The van der Waals surface area contributed by atoms with Gasteiger partial charge in [0.15, 0.2) is 0 Å². The Bertz CT molecular complexity index is 1450. The predicted molar refractivity (Wildman–Crippen MR) is 138 cm³/mol. The molecule has 1 unspecified atom stereocenters. The quantitative estimate of drug-likeness (QED) is 0.156. The van der Waals surface area contributed by atoms with Crippen LogP contribution in [0.2, 0.25) is 5.02 Å². The standard InChI is InChI=1S/C28H24ClNO7/c1-15-11-21(27(36-4)22(29)12-15)25(32)23-24(17-7-5-10-20(13-17)37-16(2)31)30(28(34)26(23)33)18-8-6-9-19(14-18)35-3/h5-14,24,32H,1-4H3/b25-23+. The highest BCUT2D eigenvalue weighted by molar-refractivity contribution is 6.51. The first-order valence-corrected chi connectivity index (χ1v) is 11.6. The molecule has 3 aromatic rings. The number of methoxy groups -OCH3 is 2. The van der Waals surface area contributed by atoms with Crippen LogP contribution in [0.25, 0.3) is 5.76 Å². The molecule has 0 aliphatic carbocycles. The van der Waals surface area contributed by atoms with Gasteiger partial charge in [-0.25, -0.2) is 0 Å². The number of anilines is 1. The maximum absolute atomic E-state index is 13.5. The summed E-state index contributed by atoms with van der Waals surface area (Å²) in [5.74, 6) is -1.88. The molecule has 1 aliphatic rings. The number of carbonyl (C=O) groups excluding carboxylic acids is 3. The van der Waals surface area contributed by atoms with Crippen molar-refractivity contribution < 1.29 is 33.7 Å². The number of aliphatic hydroxyl groups is 1. The third-order valence-corrected chi connectivity index (χ3v) is 6.14. The van der Waals surface area contributed by atoms with Crippen LogP contribution in [0.15, 0.2) is 66.2 Å². The van der Waals surface area contributed by atoms with Crippen LogP contribution >= 0.6 is 11.6 Å². The van der Waals surface area contributed by atoms with Gasteiger partial charge in [-0.1, -0.05) is 29.8 Å². The van der Waals surface area contributed by atoms with Crippen LogP contribution in [-0.2, 0) is 14.4 Å². The predicted octanol–water partition coefficient (Wildman–Crippen LogP) is 5.22. The molecule has 4 rings (SSSR count). The molecular weight excluding hydrogens is 498 g/mol. The average Bonchev–Trinajstić information content (AvgIpc) is 3.13. The van der Waals surface area contributed by atoms with E-state index >= 15 is 0 Å². The third-order valence-electron chi connectivity index (χ3n) is 5.86. The fourth-order valence-electron chi connectivity index (χ4n) is 4.35. The Hall–Kier alpha value is -4.30. The molecule has 1 atom stereocenters. The highest BCUT2D eigenvalue weighted by Gasteiger charge is 2.47. The third kappa shape index (κ3) is 4.88. The lowest BCUT2D eigenvalue weighted by Gasteiger charge is -2.26. The number of hydrogen-bond donors (Lipinski definition) is 1. The van der Waals surface area contributed by atoms with Crippen LogP contribution in [0.4, 0.5) is 5.69 Å². The van der Waals surface area contributed by atoms with Crippen molar-refractivity contribution in [1.82, 2.24) is 0 Å². The Labute approximate surface area is 218 Å². The Balaban J connectivity index is 2.01. The van der Waals surface area contributed by atoms with E-state index in [1.54, 1.807) is 67.6 Å². The zero-order valence-electron chi connectivity index (χ0n) is 20.6. The highest BCUT2D eigenvalue weighted by Crippen LogP contribution is 2.45. The molecule has 1 N–H and O–H groups in total. The van der Waals surface area contributed by atoms with Gasteiger partial charge in [0.2, 0.25) is 0 Å². The second-order valence-electron chi connectivity index (χ2n) is 8.36. The molecule has 0 bridgehead atoms. The Kier molecular flexibility index (Phi) is 7.22. The minimum absolute atomic E-state index is 0.157. The number of aryl methyl sites for hydroxylation is 1. The summed E-state index contributed by atoms with van der Waals surface area (Å²) in [6.45, 7) is 3.04. The zero-order chi connectivity index (χ0) is 26.9. The van der Waals surface area contributed by atoms with E-state index in [4.69, 9.17) is 25.8 Å². The van der Waals surface area contributed by atoms with Gasteiger partial charge in [-0.15, -0.1) is 0 Å². The summed E-state index contributed by atoms with van der Waals surface area (Å²) < 4.78 is 15.9. The second-order valence-corrected chi connectivity index (χ2v) is 8.77. The number of amides is 1. The number of nitrogens with zero attached hydrogens (tertiary/aromatic N) is 1. The summed E-state index contributed by atoms with van der Waals surface area (Å²) in [5, 5.41) is 11.7. The van der Waals surface area contributed by atoms with Crippen LogP contribution in [0.5, 0.6) is 17.2 Å². The Morgan fingerprint density at radius 3 is 2.35 bits per heavy atom. The van der Waals surface area contributed by atoms with Crippen molar-refractivity contribution in [2.45, 2.75) is 19.9 Å². The summed E-state index contributed by atoms with van der Waals surface area (Å²) in [7, 11) is 2.88. The molecule has 0 spiro atoms. The maximum atomic E-state index is 13.5. The molecule has 1 aliphatic heterocycles. The van der Waals surface area contributed by atoms with Crippen molar-refractivity contribution in [2.75, 3.05) is 19.1 Å². The number of rotatable bonds is 6. The molecule has 0 saturated carbocycles. The molecular formula is C28H24ClNO7. The molecule has 3 aromatic carbocycles. The summed E-state index contributed by atoms with van der Waals surface area (Å²) >= 11 is 6.35. The first kappa shape index (κ1) is 25.8. The van der Waals surface area contributed by atoms with Gasteiger partial charge in [0.1, 0.15) is 23.0 Å². The zero-order valence-corrected chi connectivity index (χ0v) is 21.3. The molecule has 8 nitrogen and oxygen atoms in total. The van der Waals surface area contributed by atoms with E-state index in [0.717, 1.165) is 0 Å². The Morgan fingerprint density at radius 1 is 0.973 bits per heavy atom. The van der Waals surface area contributed by atoms with Gasteiger partial charge in [0.25, 0.3) is 11.7 Å². The minimum Gasteiger partial charge on any atom is -0.507 e. The first-order chi connectivity index (χ1) is 17.7. The van der Waals surface area contributed by atoms with Gasteiger partial charge < -0.3 is 19.3 Å². The number of halogens is 1. The largest absolute Gasteiger partial charge is 0.507 e. The van der Waals surface area contributed by atoms with E-state index in [-0.39, 0.29) is 27.7 Å². The maximum Gasteiger partial charge on any atom is 0.308 e. The van der Waals surface area contributed by atoms with Crippen LogP contribution < -0.4 is 19.1 Å². The number of benzene rings is 3. The van der Waals surface area contributed by atoms with E-state index in [1.807, 2.05) is 0 Å². The summed E-state index contributed by atoms with van der Waals surface area (Å²) in [6, 6.07) is 15.3. The second kappa shape index (κ2) is 10.4. The average molecular weight is 522 g/mol. The first-order valence-electron chi connectivity index (χ1n) is 11.2. The van der Waals surface area contributed by atoms with Crippen LogP contribution in [0.1, 0.15) is 29.7 Å². The summed E-state index contributed by atoms with van der Waals surface area (Å²) in [6.07, 6.45) is 0. The lowest BCUT2D eigenvalue weighted by molar-refractivity contribution is -0.132. The monoisotopic (exact) mass is 521 g/mol. The number of carbonyl (C=O) groups is 3. The van der Waals surface area contributed by atoms with Crippen LogP contribution in [0.3, 0.4) is 0 Å². The smallest absolute Gasteiger partial charge is 0.308 e. The summed E-state index contributed by atoms with van der Waals surface area (Å²) in [5.41, 5.74) is 1.51. The fraction of sp³-hybridized carbons (Fsp3) is 0.179. The molecule has 0 radical (unpaired) electrons. The van der Waals surface area contributed by atoms with E-state index < -0.39 is 29.5 Å². The van der Waals surface area contributed by atoms with Crippen molar-refractivity contribution in [1.29, 1.82) is 0 Å². The molecule has 0 aromatic heterocycles. The fourth-order valence-corrected chi connectivity index (χ4v) is 4.70. The molecule has 1 fully saturated rings. The number of hydrogen-bond acceptors (Lipinski definition) is 7. The van der Waals surface area contributed by atoms with Gasteiger partial charge >= 0.3 is 5.97 Å². The Morgan fingerprint density at radius 2 is 1.68 bits per heavy atom. The minimum atomic E-state index is -1.06. The van der Waals surface area contributed by atoms with Crippen molar-refractivity contribution in [3.05, 3.63) is 87.9 Å². The number of ketones is 1. The SMILES string of the molecule is COc1cccc(N2C(=O)C(=O)/C(=C(/O)c3cc(C)cc(Cl)c3OC)C2c2cccc(OC(C)=O)c2)c1. The van der Waals surface area contributed by atoms with Gasteiger partial charge in [0.05, 0.1) is 36.4 Å². The number of ether oxygens (including phenoxy) is 3. The lowest BCUT2D eigenvalue weighted by Crippen LogP contribution is -2.29. The van der Waals surface area contributed by atoms with Gasteiger partial charge in [-0.05, 0) is 54.4 Å². The van der Waals surface area contributed by atoms with Crippen molar-refractivity contribution in [3.63, 3.8) is 0 Å². The van der Waals surface area contributed by atoms with Gasteiger partial charge in [-0.3, -0.25) is 19.3 Å². The van der Waals surface area contributed by atoms with Crippen LogP contribution in [-0.4, -0.2) is 37.0 Å². The highest BCUT2D eigenvalue weighted by atomic mass is 35.5. The lowest BCUT2D eigenvalue weighted by atomic mass is 9.94. The molecule has 1 saturated heterocycles. The summed E-state index contributed by atoms with van der Waals surface area (Å²) in [4.78, 5) is 39.7. The topological polar surface area (TPSA) is 102 Å². The van der Waals surface area contributed by atoms with Crippen molar-refractivity contribution in [2.24, 2.45) is 0 Å². The van der Waals surface area contributed by atoms with E-state index in [1.165, 1.54) is 26.0 Å².